The third kappa shape index (κ3) is 4.13. The Morgan fingerprint density at radius 3 is 2.41 bits per heavy atom. The van der Waals surface area contributed by atoms with E-state index in [2.05, 4.69) is 38.7 Å². The molecule has 1 rings (SSSR count). The van der Waals surface area contributed by atoms with Crippen molar-refractivity contribution in [3.8, 4) is 0 Å². The van der Waals surface area contributed by atoms with E-state index in [-0.39, 0.29) is 0 Å². The minimum atomic E-state index is 0.577. The lowest BCUT2D eigenvalue weighted by atomic mass is 9.71. The molecule has 1 aliphatic rings. The van der Waals surface area contributed by atoms with E-state index in [0.717, 1.165) is 18.9 Å². The first-order valence-electron chi connectivity index (χ1n) is 7.49. The predicted molar refractivity (Wildman–Crippen MR) is 77.3 cm³/mol. The van der Waals surface area contributed by atoms with Crippen LogP contribution >= 0.6 is 0 Å². The molecule has 0 radical (unpaired) electrons. The Bertz CT molecular complexity index is 214. The van der Waals surface area contributed by atoms with Crippen LogP contribution in [0.15, 0.2) is 12.7 Å². The molecule has 0 amide bonds. The van der Waals surface area contributed by atoms with Crippen molar-refractivity contribution >= 4 is 0 Å². The molecule has 1 unspecified atom stereocenters. The molecule has 1 aliphatic carbocycles. The van der Waals surface area contributed by atoms with Gasteiger partial charge in [0.25, 0.3) is 0 Å². The smallest absolute Gasteiger partial charge is 0.0126 e. The Kier molecular flexibility index (Phi) is 6.26. The zero-order chi connectivity index (χ0) is 12.7. The first-order chi connectivity index (χ1) is 8.14. The average molecular weight is 237 g/mol. The summed E-state index contributed by atoms with van der Waals surface area (Å²) in [4.78, 5) is 0. The Balaban J connectivity index is 2.72. The molecular weight excluding hydrogens is 206 g/mol. The summed E-state index contributed by atoms with van der Waals surface area (Å²) in [7, 11) is 0. The topological polar surface area (TPSA) is 12.0 Å². The SMILES string of the molecule is C=CCCC(NCC)C1(CC(C)C)CCCC1. The number of hydrogen-bond donors (Lipinski definition) is 1. The third-order valence-corrected chi connectivity index (χ3v) is 4.26. The average Bonchev–Trinajstić information content (AvgIpc) is 2.72. The maximum atomic E-state index is 3.88. The molecule has 17 heavy (non-hydrogen) atoms. The van der Waals surface area contributed by atoms with Crippen LogP contribution in [0.25, 0.3) is 0 Å². The van der Waals surface area contributed by atoms with Crippen molar-refractivity contribution in [2.24, 2.45) is 11.3 Å². The van der Waals surface area contributed by atoms with Gasteiger partial charge in [0.1, 0.15) is 0 Å². The molecule has 1 fully saturated rings. The molecule has 0 heterocycles. The van der Waals surface area contributed by atoms with E-state index in [0.29, 0.717) is 11.5 Å². The van der Waals surface area contributed by atoms with Crippen molar-refractivity contribution in [2.75, 3.05) is 6.54 Å². The minimum Gasteiger partial charge on any atom is -0.314 e. The van der Waals surface area contributed by atoms with Gasteiger partial charge in [0.15, 0.2) is 0 Å². The molecule has 0 aromatic heterocycles. The molecule has 1 saturated carbocycles. The van der Waals surface area contributed by atoms with Crippen molar-refractivity contribution in [1.82, 2.24) is 5.32 Å². The van der Waals surface area contributed by atoms with Crippen molar-refractivity contribution in [3.05, 3.63) is 12.7 Å². The Morgan fingerprint density at radius 2 is 1.94 bits per heavy atom. The molecular formula is C16H31N. The van der Waals surface area contributed by atoms with Gasteiger partial charge in [-0.25, -0.2) is 0 Å². The van der Waals surface area contributed by atoms with E-state index >= 15 is 0 Å². The number of allylic oxidation sites excluding steroid dienone is 1. The van der Waals surface area contributed by atoms with Crippen LogP contribution in [0, 0.1) is 11.3 Å². The lowest BCUT2D eigenvalue weighted by Gasteiger charge is -2.40. The fraction of sp³-hybridized carbons (Fsp3) is 0.875. The second kappa shape index (κ2) is 7.20. The summed E-state index contributed by atoms with van der Waals surface area (Å²) in [6, 6.07) is 0.704. The zero-order valence-electron chi connectivity index (χ0n) is 12.1. The lowest BCUT2D eigenvalue weighted by molar-refractivity contribution is 0.149. The monoisotopic (exact) mass is 237 g/mol. The standard InChI is InChI=1S/C16H31N/c1-5-7-10-15(17-6-2)16(13-14(3)4)11-8-9-12-16/h5,14-15,17H,1,6-13H2,2-4H3. The summed E-state index contributed by atoms with van der Waals surface area (Å²) in [6.45, 7) is 12.0. The summed E-state index contributed by atoms with van der Waals surface area (Å²) in [6.07, 6.45) is 11.6. The van der Waals surface area contributed by atoms with Crippen molar-refractivity contribution in [1.29, 1.82) is 0 Å². The number of hydrogen-bond acceptors (Lipinski definition) is 1. The first-order valence-corrected chi connectivity index (χ1v) is 7.49. The maximum absolute atomic E-state index is 3.88. The van der Waals surface area contributed by atoms with Gasteiger partial charge in [0.2, 0.25) is 0 Å². The molecule has 0 bridgehead atoms. The Hall–Kier alpha value is -0.300. The van der Waals surface area contributed by atoms with Gasteiger partial charge in [-0.3, -0.25) is 0 Å². The summed E-state index contributed by atoms with van der Waals surface area (Å²) in [5.74, 6) is 0.818. The van der Waals surface area contributed by atoms with Gasteiger partial charge < -0.3 is 5.32 Å². The second-order valence-electron chi connectivity index (χ2n) is 6.14. The van der Waals surface area contributed by atoms with Crippen LogP contribution in [0.3, 0.4) is 0 Å². The van der Waals surface area contributed by atoms with Gasteiger partial charge in [0, 0.05) is 6.04 Å². The van der Waals surface area contributed by atoms with E-state index in [1.165, 1.54) is 38.5 Å². The highest BCUT2D eigenvalue weighted by Crippen LogP contribution is 2.47. The molecule has 0 aromatic carbocycles. The highest BCUT2D eigenvalue weighted by Gasteiger charge is 2.40. The van der Waals surface area contributed by atoms with Crippen LogP contribution in [0.1, 0.15) is 65.7 Å². The van der Waals surface area contributed by atoms with E-state index < -0.39 is 0 Å². The van der Waals surface area contributed by atoms with Crippen LogP contribution in [0.5, 0.6) is 0 Å². The Morgan fingerprint density at radius 1 is 1.29 bits per heavy atom. The highest BCUT2D eigenvalue weighted by atomic mass is 14.9. The van der Waals surface area contributed by atoms with E-state index in [4.69, 9.17) is 0 Å². The van der Waals surface area contributed by atoms with Crippen LogP contribution in [0.2, 0.25) is 0 Å². The molecule has 1 heteroatoms. The van der Waals surface area contributed by atoms with Crippen molar-refractivity contribution < 1.29 is 0 Å². The molecule has 1 N–H and O–H groups in total. The summed E-state index contributed by atoms with van der Waals surface area (Å²) >= 11 is 0. The van der Waals surface area contributed by atoms with Crippen LogP contribution in [-0.2, 0) is 0 Å². The van der Waals surface area contributed by atoms with Gasteiger partial charge in [-0.15, -0.1) is 6.58 Å². The van der Waals surface area contributed by atoms with Crippen LogP contribution < -0.4 is 5.32 Å². The molecule has 0 aliphatic heterocycles. The van der Waals surface area contributed by atoms with Gasteiger partial charge in [0.05, 0.1) is 0 Å². The second-order valence-corrected chi connectivity index (χ2v) is 6.14. The lowest BCUT2D eigenvalue weighted by Crippen LogP contribution is -2.44. The van der Waals surface area contributed by atoms with Gasteiger partial charge in [-0.2, -0.15) is 0 Å². The highest BCUT2D eigenvalue weighted by molar-refractivity contribution is 4.96. The molecule has 1 atom stereocenters. The maximum Gasteiger partial charge on any atom is 0.0126 e. The summed E-state index contributed by atoms with van der Waals surface area (Å²) in [5, 5.41) is 3.76. The predicted octanol–water partition coefficient (Wildman–Crippen LogP) is 4.54. The molecule has 1 nitrogen and oxygen atoms in total. The fourth-order valence-electron chi connectivity index (χ4n) is 3.74. The quantitative estimate of drug-likeness (QED) is 0.611. The zero-order valence-corrected chi connectivity index (χ0v) is 12.1. The third-order valence-electron chi connectivity index (χ3n) is 4.26. The minimum absolute atomic E-state index is 0.577. The van der Waals surface area contributed by atoms with Crippen LogP contribution in [-0.4, -0.2) is 12.6 Å². The van der Waals surface area contributed by atoms with Crippen molar-refractivity contribution in [2.45, 2.75) is 71.8 Å². The molecule has 0 spiro atoms. The van der Waals surface area contributed by atoms with Gasteiger partial charge in [-0.1, -0.05) is 39.7 Å². The molecule has 100 valence electrons. The number of rotatable bonds is 8. The molecule has 0 aromatic rings. The fourth-order valence-corrected chi connectivity index (χ4v) is 3.74. The van der Waals surface area contributed by atoms with E-state index in [9.17, 15) is 0 Å². The number of nitrogens with one attached hydrogen (secondary N) is 1. The normalized spacial score (nSPS) is 20.7. The summed E-state index contributed by atoms with van der Waals surface area (Å²) < 4.78 is 0. The Labute approximate surface area is 108 Å². The van der Waals surface area contributed by atoms with Crippen molar-refractivity contribution in [3.63, 3.8) is 0 Å². The van der Waals surface area contributed by atoms with Crippen LogP contribution in [0.4, 0.5) is 0 Å². The van der Waals surface area contributed by atoms with E-state index in [1.54, 1.807) is 0 Å². The molecule has 0 saturated heterocycles. The largest absolute Gasteiger partial charge is 0.314 e. The first kappa shape index (κ1) is 14.8. The van der Waals surface area contributed by atoms with Gasteiger partial charge in [-0.05, 0) is 50.0 Å². The van der Waals surface area contributed by atoms with Gasteiger partial charge >= 0.3 is 0 Å². The summed E-state index contributed by atoms with van der Waals surface area (Å²) in [5.41, 5.74) is 0.577. The van der Waals surface area contributed by atoms with E-state index in [1.807, 2.05) is 0 Å².